The Kier molecular flexibility index (Phi) is 6.44. The molecule has 39 heavy (non-hydrogen) atoms. The van der Waals surface area contributed by atoms with Crippen molar-refractivity contribution in [2.45, 2.75) is 51.5 Å². The average molecular weight is 525 g/mol. The quantitative estimate of drug-likeness (QED) is 0.243. The van der Waals surface area contributed by atoms with Crippen LogP contribution in [-0.4, -0.2) is 49.8 Å². The maximum Gasteiger partial charge on any atom is 0.161 e. The Balaban J connectivity index is 1.21. The minimum absolute atomic E-state index is 0.264. The second-order valence-corrected chi connectivity index (χ2v) is 11.0. The second kappa shape index (κ2) is 10.4. The molecule has 0 spiro atoms. The van der Waals surface area contributed by atoms with Crippen molar-refractivity contribution in [3.05, 3.63) is 54.2 Å². The highest BCUT2D eigenvalue weighted by molar-refractivity contribution is 5.97. The molecular formula is C30H33FN8. The standard InChI is InChI=1S/C30H33FN8/c31-26-25-23(18-34-27(26)21-13-20(16-33-17-21)15-32-14-19-7-2-3-8-19)37-38-29(25)30-35-22-9-6-10-24(28(22)36-30)39-11-4-1-5-12-39/h6,9-10,13,16-19,32H,1-5,7-8,11-12,14-15H2,(H,35,36)(H,37,38). The van der Waals surface area contributed by atoms with Crippen molar-refractivity contribution >= 4 is 27.6 Å². The summed E-state index contributed by atoms with van der Waals surface area (Å²) in [4.78, 5) is 19.5. The lowest BCUT2D eigenvalue weighted by atomic mass is 10.1. The van der Waals surface area contributed by atoms with Crippen molar-refractivity contribution in [2.75, 3.05) is 24.5 Å². The Morgan fingerprint density at radius 2 is 1.85 bits per heavy atom. The van der Waals surface area contributed by atoms with Crippen LogP contribution in [0.3, 0.4) is 0 Å². The summed E-state index contributed by atoms with van der Waals surface area (Å²) >= 11 is 0. The number of fused-ring (bicyclic) bond motifs is 2. The number of H-pyrrole nitrogens is 2. The SMILES string of the molecule is Fc1c(-c2cncc(CNCC3CCCC3)c2)ncc2[nH]nc(-c3nc4c(N5CCCCC5)cccc4[nH]3)c12. The summed E-state index contributed by atoms with van der Waals surface area (Å²) in [6, 6.07) is 8.14. The molecule has 2 aliphatic rings. The zero-order valence-corrected chi connectivity index (χ0v) is 22.0. The topological polar surface area (TPSA) is 98.4 Å². The van der Waals surface area contributed by atoms with Gasteiger partial charge in [0.2, 0.25) is 0 Å². The number of piperidine rings is 1. The van der Waals surface area contributed by atoms with Gasteiger partial charge in [-0.15, -0.1) is 0 Å². The molecule has 1 saturated carbocycles. The van der Waals surface area contributed by atoms with E-state index in [1.54, 1.807) is 12.4 Å². The van der Waals surface area contributed by atoms with E-state index in [1.165, 1.54) is 44.9 Å². The van der Waals surface area contributed by atoms with Crippen molar-refractivity contribution in [1.29, 1.82) is 0 Å². The zero-order chi connectivity index (χ0) is 26.2. The molecule has 0 amide bonds. The number of para-hydroxylation sites is 1. The van der Waals surface area contributed by atoms with Crippen LogP contribution in [0.1, 0.15) is 50.5 Å². The Morgan fingerprint density at radius 3 is 2.72 bits per heavy atom. The van der Waals surface area contributed by atoms with Gasteiger partial charge in [-0.25, -0.2) is 9.37 Å². The molecule has 200 valence electrons. The fourth-order valence-electron chi connectivity index (χ4n) is 6.22. The van der Waals surface area contributed by atoms with Crippen LogP contribution in [0.5, 0.6) is 0 Å². The highest BCUT2D eigenvalue weighted by Gasteiger charge is 2.22. The van der Waals surface area contributed by atoms with E-state index < -0.39 is 5.82 Å². The third-order valence-electron chi connectivity index (χ3n) is 8.26. The number of aromatic amines is 2. The van der Waals surface area contributed by atoms with Crippen LogP contribution in [0.15, 0.2) is 42.9 Å². The number of anilines is 1. The predicted molar refractivity (Wildman–Crippen MR) is 152 cm³/mol. The lowest BCUT2D eigenvalue weighted by Crippen LogP contribution is -2.29. The van der Waals surface area contributed by atoms with E-state index in [0.29, 0.717) is 34.5 Å². The zero-order valence-electron chi connectivity index (χ0n) is 22.0. The van der Waals surface area contributed by atoms with E-state index in [1.807, 2.05) is 24.4 Å². The molecule has 1 saturated heterocycles. The van der Waals surface area contributed by atoms with Gasteiger partial charge in [0.15, 0.2) is 11.6 Å². The number of benzene rings is 1. The minimum atomic E-state index is -0.425. The summed E-state index contributed by atoms with van der Waals surface area (Å²) in [7, 11) is 0. The minimum Gasteiger partial charge on any atom is -0.370 e. The van der Waals surface area contributed by atoms with E-state index in [2.05, 4.69) is 41.4 Å². The molecule has 1 aliphatic heterocycles. The van der Waals surface area contributed by atoms with Gasteiger partial charge in [-0.3, -0.25) is 15.1 Å². The number of imidazole rings is 1. The lowest BCUT2D eigenvalue weighted by molar-refractivity contribution is 0.489. The molecule has 0 unspecified atom stereocenters. The van der Waals surface area contributed by atoms with Gasteiger partial charge in [0, 0.05) is 37.6 Å². The highest BCUT2D eigenvalue weighted by atomic mass is 19.1. The monoisotopic (exact) mass is 524 g/mol. The first-order chi connectivity index (χ1) is 19.2. The molecule has 2 fully saturated rings. The highest BCUT2D eigenvalue weighted by Crippen LogP contribution is 2.34. The fraction of sp³-hybridized carbons (Fsp3) is 0.400. The van der Waals surface area contributed by atoms with E-state index in [0.717, 1.165) is 47.8 Å². The van der Waals surface area contributed by atoms with Crippen LogP contribution >= 0.6 is 0 Å². The first-order valence-corrected chi connectivity index (χ1v) is 14.2. The molecule has 7 rings (SSSR count). The maximum absolute atomic E-state index is 16.1. The van der Waals surface area contributed by atoms with Crippen LogP contribution < -0.4 is 10.2 Å². The molecule has 0 bridgehead atoms. The van der Waals surface area contributed by atoms with Gasteiger partial charge in [0.25, 0.3) is 0 Å². The molecule has 5 heterocycles. The van der Waals surface area contributed by atoms with Crippen LogP contribution in [0.4, 0.5) is 10.1 Å². The molecule has 3 N–H and O–H groups in total. The van der Waals surface area contributed by atoms with Gasteiger partial charge in [-0.05, 0) is 68.3 Å². The summed E-state index contributed by atoms with van der Waals surface area (Å²) in [5.74, 6) is 0.877. The summed E-state index contributed by atoms with van der Waals surface area (Å²) in [6.45, 7) is 3.77. The maximum atomic E-state index is 16.1. The molecule has 9 heteroatoms. The number of rotatable bonds is 7. The van der Waals surface area contributed by atoms with Crippen LogP contribution in [0, 0.1) is 11.7 Å². The molecule has 0 radical (unpaired) electrons. The van der Waals surface area contributed by atoms with Crippen molar-refractivity contribution in [3.8, 4) is 22.8 Å². The fourth-order valence-corrected chi connectivity index (χ4v) is 6.22. The number of nitrogens with one attached hydrogen (secondary N) is 3. The number of pyridine rings is 2. The number of hydrogen-bond acceptors (Lipinski definition) is 6. The first kappa shape index (κ1) is 24.2. The van der Waals surface area contributed by atoms with E-state index in [9.17, 15) is 0 Å². The van der Waals surface area contributed by atoms with Gasteiger partial charge < -0.3 is 15.2 Å². The normalized spacial score (nSPS) is 16.6. The van der Waals surface area contributed by atoms with Gasteiger partial charge in [-0.2, -0.15) is 5.10 Å². The van der Waals surface area contributed by atoms with Crippen molar-refractivity contribution in [1.82, 2.24) is 35.5 Å². The molecule has 1 aliphatic carbocycles. The number of hydrogen-bond donors (Lipinski definition) is 3. The van der Waals surface area contributed by atoms with E-state index in [-0.39, 0.29) is 5.69 Å². The van der Waals surface area contributed by atoms with Crippen molar-refractivity contribution < 1.29 is 4.39 Å². The van der Waals surface area contributed by atoms with Crippen LogP contribution in [-0.2, 0) is 6.54 Å². The Morgan fingerprint density at radius 1 is 0.974 bits per heavy atom. The molecule has 4 aromatic heterocycles. The molecule has 8 nitrogen and oxygen atoms in total. The predicted octanol–water partition coefficient (Wildman–Crippen LogP) is 5.97. The van der Waals surface area contributed by atoms with Crippen LogP contribution in [0.2, 0.25) is 0 Å². The number of nitrogens with zero attached hydrogens (tertiary/aromatic N) is 5. The number of aromatic nitrogens is 6. The smallest absolute Gasteiger partial charge is 0.161 e. The molecular weight excluding hydrogens is 491 g/mol. The van der Waals surface area contributed by atoms with Crippen molar-refractivity contribution in [3.63, 3.8) is 0 Å². The van der Waals surface area contributed by atoms with Crippen LogP contribution in [0.25, 0.3) is 44.7 Å². The third-order valence-corrected chi connectivity index (χ3v) is 8.26. The van der Waals surface area contributed by atoms with Gasteiger partial charge in [0.1, 0.15) is 16.9 Å². The largest absolute Gasteiger partial charge is 0.370 e. The van der Waals surface area contributed by atoms with Gasteiger partial charge >= 0.3 is 0 Å². The number of halogens is 1. The Bertz CT molecular complexity index is 1610. The van der Waals surface area contributed by atoms with Crippen molar-refractivity contribution in [2.24, 2.45) is 5.92 Å². The Hall–Kier alpha value is -3.85. The summed E-state index contributed by atoms with van der Waals surface area (Å²) in [6.07, 6.45) is 14.1. The first-order valence-electron chi connectivity index (χ1n) is 14.2. The molecule has 1 aromatic carbocycles. The second-order valence-electron chi connectivity index (χ2n) is 11.0. The molecule has 5 aromatic rings. The summed E-state index contributed by atoms with van der Waals surface area (Å²) in [5, 5.41) is 11.3. The third kappa shape index (κ3) is 4.65. The average Bonchev–Trinajstić information content (AvgIpc) is 3.73. The van der Waals surface area contributed by atoms with Gasteiger partial charge in [-0.1, -0.05) is 18.9 Å². The Labute approximate surface area is 226 Å². The van der Waals surface area contributed by atoms with E-state index >= 15 is 4.39 Å². The summed E-state index contributed by atoms with van der Waals surface area (Å²) in [5.41, 5.74) is 5.84. The molecule has 0 atom stereocenters. The van der Waals surface area contributed by atoms with Gasteiger partial charge in [0.05, 0.1) is 28.3 Å². The summed E-state index contributed by atoms with van der Waals surface area (Å²) < 4.78 is 16.1. The lowest BCUT2D eigenvalue weighted by Gasteiger charge is -2.28. The van der Waals surface area contributed by atoms with E-state index in [4.69, 9.17) is 4.98 Å².